The van der Waals surface area contributed by atoms with Crippen molar-refractivity contribution in [2.24, 2.45) is 5.92 Å². The normalized spacial score (nSPS) is 18.6. The van der Waals surface area contributed by atoms with Gasteiger partial charge in [0.2, 0.25) is 11.0 Å². The molecule has 1 saturated carbocycles. The SMILES string of the molecule is CCCCOc1ccc([C@H]2CC[C@H](CSc3nnnn3-c3ccccc3)CC2)c(F)c1F. The van der Waals surface area contributed by atoms with Gasteiger partial charge in [0.05, 0.1) is 12.3 Å². The summed E-state index contributed by atoms with van der Waals surface area (Å²) in [5, 5.41) is 12.8. The van der Waals surface area contributed by atoms with E-state index in [0.29, 0.717) is 18.1 Å². The number of aromatic nitrogens is 4. The fraction of sp³-hybridized carbons (Fsp3) is 0.458. The zero-order valence-electron chi connectivity index (χ0n) is 18.2. The molecule has 0 amide bonds. The van der Waals surface area contributed by atoms with Gasteiger partial charge in [-0.3, -0.25) is 0 Å². The van der Waals surface area contributed by atoms with Crippen LogP contribution in [0, 0.1) is 17.6 Å². The first-order valence-electron chi connectivity index (χ1n) is 11.2. The van der Waals surface area contributed by atoms with E-state index in [4.69, 9.17) is 4.74 Å². The Balaban J connectivity index is 1.32. The van der Waals surface area contributed by atoms with Crippen LogP contribution in [0.25, 0.3) is 5.69 Å². The maximum Gasteiger partial charge on any atom is 0.214 e. The summed E-state index contributed by atoms with van der Waals surface area (Å²) in [6.07, 6.45) is 5.41. The minimum Gasteiger partial charge on any atom is -0.490 e. The number of halogens is 2. The molecule has 0 saturated heterocycles. The quantitative estimate of drug-likeness (QED) is 0.283. The Morgan fingerprint density at radius 1 is 1.03 bits per heavy atom. The Bertz CT molecular complexity index is 1010. The molecule has 1 aliphatic carbocycles. The molecule has 1 fully saturated rings. The summed E-state index contributed by atoms with van der Waals surface area (Å²) < 4.78 is 36.3. The third kappa shape index (κ3) is 5.28. The number of hydrogen-bond acceptors (Lipinski definition) is 5. The monoisotopic (exact) mass is 458 g/mol. The lowest BCUT2D eigenvalue weighted by Gasteiger charge is -2.29. The van der Waals surface area contributed by atoms with E-state index in [1.54, 1.807) is 28.6 Å². The van der Waals surface area contributed by atoms with Crippen molar-refractivity contribution in [1.82, 2.24) is 20.2 Å². The number of ether oxygens (including phenoxy) is 1. The van der Waals surface area contributed by atoms with E-state index in [1.165, 1.54) is 0 Å². The summed E-state index contributed by atoms with van der Waals surface area (Å²) in [6.45, 7) is 2.44. The summed E-state index contributed by atoms with van der Waals surface area (Å²) in [5.74, 6) is -0.142. The molecular weight excluding hydrogens is 430 g/mol. The Morgan fingerprint density at radius 3 is 2.56 bits per heavy atom. The van der Waals surface area contributed by atoms with Gasteiger partial charge in [-0.25, -0.2) is 4.39 Å². The molecule has 3 aromatic rings. The smallest absolute Gasteiger partial charge is 0.214 e. The van der Waals surface area contributed by atoms with Crippen LogP contribution in [-0.4, -0.2) is 32.6 Å². The second-order valence-corrected chi connectivity index (χ2v) is 9.21. The molecule has 8 heteroatoms. The van der Waals surface area contributed by atoms with Gasteiger partial charge in [0.1, 0.15) is 0 Å². The Hall–Kier alpha value is -2.48. The van der Waals surface area contributed by atoms with Crippen molar-refractivity contribution in [3.63, 3.8) is 0 Å². The largest absolute Gasteiger partial charge is 0.490 e. The number of thioether (sulfide) groups is 1. The number of tetrazole rings is 1. The summed E-state index contributed by atoms with van der Waals surface area (Å²) in [4.78, 5) is 0. The van der Waals surface area contributed by atoms with Crippen LogP contribution >= 0.6 is 11.8 Å². The van der Waals surface area contributed by atoms with E-state index in [2.05, 4.69) is 15.5 Å². The summed E-state index contributed by atoms with van der Waals surface area (Å²) in [6, 6.07) is 13.1. The number of rotatable bonds is 9. The van der Waals surface area contributed by atoms with Crippen molar-refractivity contribution in [2.75, 3.05) is 12.4 Å². The third-order valence-corrected chi connectivity index (χ3v) is 7.16. The topological polar surface area (TPSA) is 52.8 Å². The van der Waals surface area contributed by atoms with Gasteiger partial charge in [-0.05, 0) is 78.1 Å². The standard InChI is InChI=1S/C24H28F2N4OS/c1-2-3-15-31-21-14-13-20(22(25)23(21)26)18-11-9-17(10-12-18)16-32-24-27-28-29-30(24)19-7-5-4-6-8-19/h4-8,13-14,17-18H,2-3,9-12,15-16H2,1H3/t17-,18-. The number of hydrogen-bond donors (Lipinski definition) is 0. The van der Waals surface area contributed by atoms with Crippen molar-refractivity contribution in [3.05, 3.63) is 59.7 Å². The molecule has 2 aromatic carbocycles. The van der Waals surface area contributed by atoms with E-state index >= 15 is 0 Å². The van der Waals surface area contributed by atoms with Gasteiger partial charge in [0.25, 0.3) is 0 Å². The van der Waals surface area contributed by atoms with Crippen molar-refractivity contribution < 1.29 is 13.5 Å². The molecule has 0 radical (unpaired) electrons. The lowest BCUT2D eigenvalue weighted by molar-refractivity contribution is 0.286. The maximum absolute atomic E-state index is 14.7. The number of unbranched alkanes of at least 4 members (excludes halogenated alkanes) is 1. The van der Waals surface area contributed by atoms with Crippen LogP contribution in [0.5, 0.6) is 5.75 Å². The average molecular weight is 459 g/mol. The first-order chi connectivity index (χ1) is 15.7. The second kappa shape index (κ2) is 10.9. The van der Waals surface area contributed by atoms with E-state index < -0.39 is 11.6 Å². The molecule has 1 aliphatic rings. The molecule has 4 rings (SSSR count). The van der Waals surface area contributed by atoms with Gasteiger partial charge >= 0.3 is 0 Å². The Labute approximate surface area is 191 Å². The van der Waals surface area contributed by atoms with E-state index in [1.807, 2.05) is 37.3 Å². The Morgan fingerprint density at radius 2 is 1.81 bits per heavy atom. The molecule has 0 unspecified atom stereocenters. The van der Waals surface area contributed by atoms with Crippen LogP contribution < -0.4 is 4.74 Å². The average Bonchev–Trinajstić information content (AvgIpc) is 3.30. The lowest BCUT2D eigenvalue weighted by atomic mass is 9.79. The first-order valence-corrected chi connectivity index (χ1v) is 12.2. The highest BCUT2D eigenvalue weighted by Gasteiger charge is 2.27. The predicted molar refractivity (Wildman–Crippen MR) is 121 cm³/mol. The molecular formula is C24H28F2N4OS. The van der Waals surface area contributed by atoms with Crippen molar-refractivity contribution in [3.8, 4) is 11.4 Å². The van der Waals surface area contributed by atoms with Crippen LogP contribution in [0.3, 0.4) is 0 Å². The molecule has 1 heterocycles. The van der Waals surface area contributed by atoms with E-state index in [-0.39, 0.29) is 11.7 Å². The molecule has 0 aliphatic heterocycles. The van der Waals surface area contributed by atoms with Gasteiger partial charge < -0.3 is 4.74 Å². The van der Waals surface area contributed by atoms with Crippen LogP contribution in [0.1, 0.15) is 56.9 Å². The van der Waals surface area contributed by atoms with Crippen molar-refractivity contribution in [2.45, 2.75) is 56.5 Å². The van der Waals surface area contributed by atoms with Crippen molar-refractivity contribution in [1.29, 1.82) is 0 Å². The second-order valence-electron chi connectivity index (χ2n) is 8.22. The molecule has 0 N–H and O–H groups in total. The fourth-order valence-corrected chi connectivity index (χ4v) is 5.21. The molecule has 170 valence electrons. The summed E-state index contributed by atoms with van der Waals surface area (Å²) >= 11 is 1.65. The van der Waals surface area contributed by atoms with Gasteiger partial charge in [-0.15, -0.1) is 5.10 Å². The molecule has 0 bridgehead atoms. The fourth-order valence-electron chi connectivity index (χ4n) is 4.13. The van der Waals surface area contributed by atoms with Gasteiger partial charge in [0, 0.05) is 5.75 Å². The summed E-state index contributed by atoms with van der Waals surface area (Å²) in [7, 11) is 0. The minimum absolute atomic E-state index is 0.0147. The van der Waals surface area contributed by atoms with Gasteiger partial charge in [-0.2, -0.15) is 9.07 Å². The van der Waals surface area contributed by atoms with E-state index in [9.17, 15) is 8.78 Å². The first kappa shape index (κ1) is 22.7. The number of benzene rings is 2. The highest BCUT2D eigenvalue weighted by molar-refractivity contribution is 7.99. The molecule has 0 atom stereocenters. The maximum atomic E-state index is 14.7. The van der Waals surface area contributed by atoms with Crippen molar-refractivity contribution >= 4 is 11.8 Å². The Kier molecular flexibility index (Phi) is 7.73. The van der Waals surface area contributed by atoms with Crippen LogP contribution in [-0.2, 0) is 0 Å². The molecule has 32 heavy (non-hydrogen) atoms. The lowest BCUT2D eigenvalue weighted by Crippen LogP contribution is -2.17. The minimum atomic E-state index is -0.857. The predicted octanol–water partition coefficient (Wildman–Crippen LogP) is 6.19. The zero-order valence-corrected chi connectivity index (χ0v) is 19.0. The zero-order chi connectivity index (χ0) is 22.3. The molecule has 5 nitrogen and oxygen atoms in total. The van der Waals surface area contributed by atoms with Crippen LogP contribution in [0.4, 0.5) is 8.78 Å². The molecule has 1 aromatic heterocycles. The van der Waals surface area contributed by atoms with Gasteiger partial charge in [0.15, 0.2) is 11.6 Å². The number of nitrogens with zero attached hydrogens (tertiary/aromatic N) is 4. The molecule has 0 spiro atoms. The van der Waals surface area contributed by atoms with Gasteiger partial charge in [-0.1, -0.05) is 49.4 Å². The summed E-state index contributed by atoms with van der Waals surface area (Å²) in [5.41, 5.74) is 1.41. The number of para-hydroxylation sites is 1. The van der Waals surface area contributed by atoms with Crippen LogP contribution in [0.2, 0.25) is 0 Å². The van der Waals surface area contributed by atoms with Crippen LogP contribution in [0.15, 0.2) is 47.6 Å². The highest BCUT2D eigenvalue weighted by atomic mass is 32.2. The van der Waals surface area contributed by atoms with E-state index in [0.717, 1.165) is 55.1 Å². The highest BCUT2D eigenvalue weighted by Crippen LogP contribution is 2.40. The third-order valence-electron chi connectivity index (χ3n) is 6.01.